The van der Waals surface area contributed by atoms with E-state index in [1.165, 1.54) is 25.1 Å². The number of halogens is 6. The highest BCUT2D eigenvalue weighted by Crippen LogP contribution is 2.46. The summed E-state index contributed by atoms with van der Waals surface area (Å²) in [6.07, 6.45) is -10.2. The molecule has 0 aromatic heterocycles. The number of alkyl halides is 6. The Kier molecular flexibility index (Phi) is 5.08. The number of carboxylic acids is 1. The molecule has 0 radical (unpaired) electrons. The van der Waals surface area contributed by atoms with Crippen molar-refractivity contribution in [1.29, 1.82) is 0 Å². The maximum absolute atomic E-state index is 13.3. The Balaban J connectivity index is 2.32. The van der Waals surface area contributed by atoms with Gasteiger partial charge >= 0.3 is 18.3 Å². The van der Waals surface area contributed by atoms with Crippen molar-refractivity contribution in [2.75, 3.05) is 7.05 Å². The summed E-state index contributed by atoms with van der Waals surface area (Å²) in [5, 5.41) is 9.82. The van der Waals surface area contributed by atoms with E-state index in [0.717, 1.165) is 11.9 Å². The summed E-state index contributed by atoms with van der Waals surface area (Å²) in [4.78, 5) is 25.7. The third-order valence-electron chi connectivity index (χ3n) is 5.14. The predicted octanol–water partition coefficient (Wildman–Crippen LogP) is 5.03. The first-order chi connectivity index (χ1) is 13.7. The Labute approximate surface area is 166 Å². The Morgan fingerprint density at radius 2 is 1.53 bits per heavy atom. The lowest BCUT2D eigenvalue weighted by Crippen LogP contribution is -2.43. The van der Waals surface area contributed by atoms with Gasteiger partial charge in [-0.1, -0.05) is 12.1 Å². The molecule has 30 heavy (non-hydrogen) atoms. The largest absolute Gasteiger partial charge is 0.481 e. The monoisotopic (exact) mass is 431 g/mol. The molecule has 0 saturated carbocycles. The van der Waals surface area contributed by atoms with Gasteiger partial charge in [0.15, 0.2) is 0 Å². The van der Waals surface area contributed by atoms with Gasteiger partial charge in [0.2, 0.25) is 0 Å². The Morgan fingerprint density at radius 3 is 2.00 bits per heavy atom. The molecule has 2 atom stereocenters. The van der Waals surface area contributed by atoms with Gasteiger partial charge in [-0.25, -0.2) is 0 Å². The maximum Gasteiger partial charge on any atom is 0.416 e. The molecule has 1 heterocycles. The van der Waals surface area contributed by atoms with Crippen molar-refractivity contribution in [3.05, 3.63) is 69.8 Å². The van der Waals surface area contributed by atoms with E-state index in [1.807, 2.05) is 0 Å². The maximum atomic E-state index is 13.3. The third-order valence-corrected chi connectivity index (χ3v) is 5.14. The van der Waals surface area contributed by atoms with E-state index in [1.54, 1.807) is 0 Å². The molecule has 2 unspecified atom stereocenters. The van der Waals surface area contributed by atoms with Crippen LogP contribution in [0.5, 0.6) is 0 Å². The number of rotatable bonds is 2. The average molecular weight is 431 g/mol. The van der Waals surface area contributed by atoms with Crippen LogP contribution >= 0.6 is 0 Å². The van der Waals surface area contributed by atoms with E-state index in [-0.39, 0.29) is 17.2 Å². The van der Waals surface area contributed by atoms with E-state index in [2.05, 4.69) is 0 Å². The first-order valence-electron chi connectivity index (χ1n) is 8.62. The van der Waals surface area contributed by atoms with Crippen LogP contribution in [0.2, 0.25) is 0 Å². The van der Waals surface area contributed by atoms with Crippen LogP contribution in [-0.2, 0) is 17.1 Å². The highest BCUT2D eigenvalue weighted by Gasteiger charge is 2.45. The molecule has 0 spiro atoms. The second kappa shape index (κ2) is 7.03. The van der Waals surface area contributed by atoms with Gasteiger partial charge in [-0.2, -0.15) is 26.3 Å². The van der Waals surface area contributed by atoms with Crippen LogP contribution in [0.4, 0.5) is 26.3 Å². The number of hydrogen-bond donors (Lipinski definition) is 1. The zero-order chi connectivity index (χ0) is 22.6. The van der Waals surface area contributed by atoms with Crippen molar-refractivity contribution in [2.24, 2.45) is 0 Å². The molecule has 1 amide bonds. The number of aryl methyl sites for hydroxylation is 1. The van der Waals surface area contributed by atoms with Crippen LogP contribution in [-0.4, -0.2) is 28.9 Å². The van der Waals surface area contributed by atoms with Gasteiger partial charge in [-0.05, 0) is 47.9 Å². The first-order valence-corrected chi connectivity index (χ1v) is 8.62. The number of nitrogens with zero attached hydrogens (tertiary/aromatic N) is 1. The molecule has 2 aromatic rings. The molecule has 10 heteroatoms. The van der Waals surface area contributed by atoms with Crippen molar-refractivity contribution in [1.82, 2.24) is 4.90 Å². The molecular formula is C20H15F6NO3. The molecule has 0 aliphatic carbocycles. The van der Waals surface area contributed by atoms with Crippen molar-refractivity contribution in [3.8, 4) is 0 Å². The lowest BCUT2D eigenvalue weighted by molar-refractivity contribution is -0.143. The Morgan fingerprint density at radius 1 is 1.00 bits per heavy atom. The van der Waals surface area contributed by atoms with Crippen LogP contribution in [0.3, 0.4) is 0 Å². The molecule has 2 aromatic carbocycles. The number of carboxylic acid groups (broad SMARTS) is 1. The molecule has 0 saturated heterocycles. The van der Waals surface area contributed by atoms with Crippen LogP contribution < -0.4 is 0 Å². The van der Waals surface area contributed by atoms with Crippen molar-refractivity contribution in [2.45, 2.75) is 31.2 Å². The van der Waals surface area contributed by atoms with E-state index in [4.69, 9.17) is 0 Å². The lowest BCUT2D eigenvalue weighted by Gasteiger charge is -2.39. The number of benzene rings is 2. The van der Waals surface area contributed by atoms with Crippen LogP contribution in [0, 0.1) is 6.92 Å². The minimum atomic E-state index is -5.10. The quantitative estimate of drug-likeness (QED) is 0.679. The predicted molar refractivity (Wildman–Crippen MR) is 92.8 cm³/mol. The van der Waals surface area contributed by atoms with Gasteiger partial charge < -0.3 is 10.0 Å². The van der Waals surface area contributed by atoms with Gasteiger partial charge in [-0.15, -0.1) is 0 Å². The summed E-state index contributed by atoms with van der Waals surface area (Å²) >= 11 is 0. The standard InChI is InChI=1S/C20H15F6NO3/c1-9-4-3-5-13-14(9)15(18(29)30)16(27(2)17(13)28)10-6-11(19(21,22)23)8-12(7-10)20(24,25)26/h3-8,15-16H,1-2H3,(H,29,30). The molecule has 160 valence electrons. The average Bonchev–Trinajstić information content (AvgIpc) is 2.62. The van der Waals surface area contributed by atoms with E-state index >= 15 is 0 Å². The highest BCUT2D eigenvalue weighted by atomic mass is 19.4. The molecule has 1 aliphatic heterocycles. The SMILES string of the molecule is Cc1cccc2c1C(C(=O)O)C(c1cc(C(F)(F)F)cc(C(F)(F)F)c1)N(C)C2=O. The number of hydrogen-bond acceptors (Lipinski definition) is 2. The Bertz CT molecular complexity index is 996. The summed E-state index contributed by atoms with van der Waals surface area (Å²) in [5.41, 5.74) is -3.20. The van der Waals surface area contributed by atoms with Crippen molar-refractivity contribution < 1.29 is 41.0 Å². The normalized spacial score (nSPS) is 19.6. The van der Waals surface area contributed by atoms with E-state index < -0.39 is 52.9 Å². The van der Waals surface area contributed by atoms with Gasteiger partial charge in [0.1, 0.15) is 5.92 Å². The molecule has 1 N–H and O–H groups in total. The second-order valence-electron chi connectivity index (χ2n) is 7.05. The molecule has 3 rings (SSSR count). The third kappa shape index (κ3) is 3.61. The summed E-state index contributed by atoms with van der Waals surface area (Å²) in [6.45, 7) is 1.53. The summed E-state index contributed by atoms with van der Waals surface area (Å²) in [6, 6.07) is 3.74. The van der Waals surface area contributed by atoms with Crippen LogP contribution in [0.1, 0.15) is 50.1 Å². The minimum absolute atomic E-state index is 0.0386. The zero-order valence-corrected chi connectivity index (χ0v) is 15.6. The van der Waals surface area contributed by atoms with Gasteiger partial charge in [0.05, 0.1) is 17.2 Å². The summed E-state index contributed by atoms with van der Waals surface area (Å²) in [7, 11) is 1.15. The Hall–Kier alpha value is -3.04. The number of aliphatic carboxylic acids is 1. The fraction of sp³-hybridized carbons (Fsp3) is 0.300. The van der Waals surface area contributed by atoms with Crippen molar-refractivity contribution in [3.63, 3.8) is 0 Å². The fourth-order valence-corrected chi connectivity index (χ4v) is 3.80. The molecule has 4 nitrogen and oxygen atoms in total. The highest BCUT2D eigenvalue weighted by molar-refractivity contribution is 6.00. The van der Waals surface area contributed by atoms with E-state index in [0.29, 0.717) is 17.7 Å². The van der Waals surface area contributed by atoms with Gasteiger partial charge in [0, 0.05) is 12.6 Å². The fourth-order valence-electron chi connectivity index (χ4n) is 3.80. The number of fused-ring (bicyclic) bond motifs is 1. The zero-order valence-electron chi connectivity index (χ0n) is 15.6. The van der Waals surface area contributed by atoms with Gasteiger partial charge in [-0.3, -0.25) is 9.59 Å². The van der Waals surface area contributed by atoms with Crippen LogP contribution in [0.15, 0.2) is 36.4 Å². The molecular weight excluding hydrogens is 416 g/mol. The van der Waals surface area contributed by atoms with Gasteiger partial charge in [0.25, 0.3) is 5.91 Å². The second-order valence-corrected chi connectivity index (χ2v) is 7.05. The summed E-state index contributed by atoms with van der Waals surface area (Å²) in [5.74, 6) is -3.71. The first kappa shape index (κ1) is 21.7. The number of carbonyl (C=O) groups excluding carboxylic acids is 1. The minimum Gasteiger partial charge on any atom is -0.481 e. The topological polar surface area (TPSA) is 57.6 Å². The molecule has 0 bridgehead atoms. The molecule has 1 aliphatic rings. The summed E-state index contributed by atoms with van der Waals surface area (Å²) < 4.78 is 79.6. The molecule has 0 fully saturated rings. The van der Waals surface area contributed by atoms with Crippen LogP contribution in [0.25, 0.3) is 0 Å². The van der Waals surface area contributed by atoms with E-state index in [9.17, 15) is 41.0 Å². The smallest absolute Gasteiger partial charge is 0.416 e. The number of amides is 1. The lowest BCUT2D eigenvalue weighted by atomic mass is 9.77. The number of carbonyl (C=O) groups is 2. The van der Waals surface area contributed by atoms with Crippen molar-refractivity contribution >= 4 is 11.9 Å². The number of likely N-dealkylation sites (N-methyl/N-ethyl adjacent to an activating group) is 1.